The van der Waals surface area contributed by atoms with Crippen molar-refractivity contribution >= 4 is 28.8 Å². The molecule has 0 bridgehead atoms. The topological polar surface area (TPSA) is 102 Å². The SMILES string of the molecule is COc1ccc(Cc2ncc3nc(Nc4ccccc4F)n(C4CCC(C(=O)O)CC4)c3n2)cc1. The van der Waals surface area contributed by atoms with E-state index in [0.717, 1.165) is 11.3 Å². The minimum Gasteiger partial charge on any atom is -0.497 e. The van der Waals surface area contributed by atoms with E-state index in [4.69, 9.17) is 9.72 Å². The van der Waals surface area contributed by atoms with Gasteiger partial charge in [0.25, 0.3) is 0 Å². The molecule has 1 aliphatic rings. The van der Waals surface area contributed by atoms with E-state index >= 15 is 0 Å². The third kappa shape index (κ3) is 4.80. The molecule has 180 valence electrons. The fourth-order valence-corrected chi connectivity index (χ4v) is 4.64. The molecular formula is C26H26FN5O3. The Morgan fingerprint density at radius 3 is 2.54 bits per heavy atom. The zero-order valence-corrected chi connectivity index (χ0v) is 19.3. The number of imidazole rings is 1. The van der Waals surface area contributed by atoms with E-state index in [9.17, 15) is 14.3 Å². The van der Waals surface area contributed by atoms with E-state index in [2.05, 4.69) is 15.3 Å². The average molecular weight is 476 g/mol. The number of carbonyl (C=O) groups is 1. The quantitative estimate of drug-likeness (QED) is 0.382. The Morgan fingerprint density at radius 1 is 1.11 bits per heavy atom. The lowest BCUT2D eigenvalue weighted by Crippen LogP contribution is -2.24. The number of para-hydroxylation sites is 1. The number of hydrogen-bond donors (Lipinski definition) is 2. The van der Waals surface area contributed by atoms with Crippen LogP contribution < -0.4 is 10.1 Å². The van der Waals surface area contributed by atoms with E-state index in [1.807, 2.05) is 28.8 Å². The molecular weight excluding hydrogens is 449 g/mol. The Bertz CT molecular complexity index is 1350. The molecule has 9 heteroatoms. The lowest BCUT2D eigenvalue weighted by molar-refractivity contribution is -0.143. The number of ether oxygens (including phenoxy) is 1. The maximum atomic E-state index is 14.4. The van der Waals surface area contributed by atoms with Crippen molar-refractivity contribution in [2.75, 3.05) is 12.4 Å². The smallest absolute Gasteiger partial charge is 0.306 e. The highest BCUT2D eigenvalue weighted by atomic mass is 19.1. The molecule has 35 heavy (non-hydrogen) atoms. The Hall–Kier alpha value is -4.01. The van der Waals surface area contributed by atoms with Gasteiger partial charge in [0.1, 0.15) is 22.9 Å². The van der Waals surface area contributed by atoms with Gasteiger partial charge in [0.05, 0.1) is 24.9 Å². The number of nitrogens with one attached hydrogen (secondary N) is 1. The summed E-state index contributed by atoms with van der Waals surface area (Å²) in [5, 5.41) is 12.5. The van der Waals surface area contributed by atoms with Crippen LogP contribution >= 0.6 is 0 Å². The number of hydrogen-bond acceptors (Lipinski definition) is 6. The molecule has 0 spiro atoms. The Balaban J connectivity index is 1.51. The zero-order chi connectivity index (χ0) is 24.4. The summed E-state index contributed by atoms with van der Waals surface area (Å²) in [5.74, 6) is 0.410. The molecule has 0 atom stereocenters. The molecule has 1 saturated carbocycles. The molecule has 0 amide bonds. The van der Waals surface area contributed by atoms with Gasteiger partial charge in [0, 0.05) is 12.5 Å². The van der Waals surface area contributed by atoms with Crippen LogP contribution in [0.4, 0.5) is 16.0 Å². The molecule has 0 aliphatic heterocycles. The van der Waals surface area contributed by atoms with Gasteiger partial charge in [-0.05, 0) is 55.5 Å². The maximum Gasteiger partial charge on any atom is 0.306 e. The summed E-state index contributed by atoms with van der Waals surface area (Å²) in [7, 11) is 1.63. The second-order valence-electron chi connectivity index (χ2n) is 8.77. The molecule has 1 aliphatic carbocycles. The lowest BCUT2D eigenvalue weighted by Gasteiger charge is -2.28. The first-order chi connectivity index (χ1) is 17.0. The molecule has 2 heterocycles. The van der Waals surface area contributed by atoms with Crippen molar-refractivity contribution in [3.8, 4) is 5.75 Å². The van der Waals surface area contributed by atoms with Gasteiger partial charge >= 0.3 is 5.97 Å². The van der Waals surface area contributed by atoms with Crippen LogP contribution in [0.15, 0.2) is 54.7 Å². The number of halogens is 1. The van der Waals surface area contributed by atoms with Crippen molar-refractivity contribution < 1.29 is 19.0 Å². The minimum atomic E-state index is -0.757. The summed E-state index contributed by atoms with van der Waals surface area (Å²) in [6.45, 7) is 0. The fourth-order valence-electron chi connectivity index (χ4n) is 4.64. The molecule has 2 N–H and O–H groups in total. The number of rotatable bonds is 7. The molecule has 0 unspecified atom stereocenters. The predicted octanol–water partition coefficient (Wildman–Crippen LogP) is 5.12. The van der Waals surface area contributed by atoms with E-state index < -0.39 is 5.97 Å². The van der Waals surface area contributed by atoms with Crippen LogP contribution in [-0.4, -0.2) is 37.7 Å². The van der Waals surface area contributed by atoms with Crippen LogP contribution in [0.2, 0.25) is 0 Å². The van der Waals surface area contributed by atoms with Crippen LogP contribution in [0.5, 0.6) is 5.75 Å². The minimum absolute atomic E-state index is 0.00592. The number of aromatic nitrogens is 4. The van der Waals surface area contributed by atoms with Crippen LogP contribution in [0.1, 0.15) is 43.1 Å². The summed E-state index contributed by atoms with van der Waals surface area (Å²) >= 11 is 0. The van der Waals surface area contributed by atoms with Crippen molar-refractivity contribution in [2.45, 2.75) is 38.1 Å². The van der Waals surface area contributed by atoms with Crippen LogP contribution in [0.25, 0.3) is 11.2 Å². The molecule has 5 rings (SSSR count). The van der Waals surface area contributed by atoms with Crippen molar-refractivity contribution in [1.29, 1.82) is 0 Å². The number of benzene rings is 2. The Morgan fingerprint density at radius 2 is 1.86 bits per heavy atom. The number of aliphatic carboxylic acids is 1. The fraction of sp³-hybridized carbons (Fsp3) is 0.308. The highest BCUT2D eigenvalue weighted by Gasteiger charge is 2.30. The lowest BCUT2D eigenvalue weighted by atomic mass is 9.86. The van der Waals surface area contributed by atoms with Gasteiger partial charge in [-0.15, -0.1) is 0 Å². The maximum absolute atomic E-state index is 14.4. The first kappa shape index (κ1) is 22.8. The summed E-state index contributed by atoms with van der Waals surface area (Å²) < 4.78 is 21.6. The second-order valence-corrected chi connectivity index (χ2v) is 8.77. The third-order valence-electron chi connectivity index (χ3n) is 6.54. The number of fused-ring (bicyclic) bond motifs is 1. The first-order valence-corrected chi connectivity index (χ1v) is 11.6. The number of anilines is 2. The van der Waals surface area contributed by atoms with E-state index in [1.54, 1.807) is 31.5 Å². The summed E-state index contributed by atoms with van der Waals surface area (Å²) in [4.78, 5) is 25.5. The van der Waals surface area contributed by atoms with Gasteiger partial charge in [-0.3, -0.25) is 9.36 Å². The van der Waals surface area contributed by atoms with Crippen molar-refractivity contribution in [2.24, 2.45) is 5.92 Å². The molecule has 1 fully saturated rings. The van der Waals surface area contributed by atoms with E-state index in [-0.39, 0.29) is 17.8 Å². The molecule has 0 radical (unpaired) electrons. The molecule has 4 aromatic rings. The van der Waals surface area contributed by atoms with Gasteiger partial charge in [0.15, 0.2) is 5.65 Å². The molecule has 2 aromatic carbocycles. The first-order valence-electron chi connectivity index (χ1n) is 11.6. The number of carboxylic acid groups (broad SMARTS) is 1. The van der Waals surface area contributed by atoms with Gasteiger partial charge in [-0.2, -0.15) is 0 Å². The Labute approximate surface area is 201 Å². The van der Waals surface area contributed by atoms with Gasteiger partial charge in [-0.25, -0.2) is 19.3 Å². The van der Waals surface area contributed by atoms with Crippen molar-refractivity contribution in [3.05, 3.63) is 71.9 Å². The predicted molar refractivity (Wildman–Crippen MR) is 129 cm³/mol. The molecule has 2 aromatic heterocycles. The van der Waals surface area contributed by atoms with Crippen molar-refractivity contribution in [3.63, 3.8) is 0 Å². The van der Waals surface area contributed by atoms with Crippen molar-refractivity contribution in [1.82, 2.24) is 19.5 Å². The van der Waals surface area contributed by atoms with E-state index in [1.165, 1.54) is 6.07 Å². The monoisotopic (exact) mass is 475 g/mol. The normalized spacial score (nSPS) is 17.9. The average Bonchev–Trinajstić information content (AvgIpc) is 3.23. The van der Waals surface area contributed by atoms with Gasteiger partial charge < -0.3 is 15.2 Å². The second kappa shape index (κ2) is 9.69. The van der Waals surface area contributed by atoms with Crippen LogP contribution in [0, 0.1) is 11.7 Å². The summed E-state index contributed by atoms with van der Waals surface area (Å²) in [6.07, 6.45) is 4.71. The third-order valence-corrected chi connectivity index (χ3v) is 6.54. The Kier molecular flexibility index (Phi) is 6.31. The summed E-state index contributed by atoms with van der Waals surface area (Å²) in [6, 6.07) is 14.2. The van der Waals surface area contributed by atoms with Gasteiger partial charge in [0.2, 0.25) is 5.95 Å². The van der Waals surface area contributed by atoms with Crippen LogP contribution in [0.3, 0.4) is 0 Å². The summed E-state index contributed by atoms with van der Waals surface area (Å²) in [5.41, 5.74) is 2.61. The van der Waals surface area contributed by atoms with E-state index in [0.29, 0.717) is 60.7 Å². The number of methoxy groups -OCH3 is 1. The number of carboxylic acids is 1. The standard InChI is InChI=1S/C26H26FN5O3/c1-35-19-12-6-16(7-13-19)14-23-28-15-22-24(31-23)32(18-10-8-17(9-11-18)25(33)34)26(30-22)29-21-5-3-2-4-20(21)27/h2-7,12-13,15,17-18H,8-11,14H2,1H3,(H,29,30)(H,33,34). The van der Waals surface area contributed by atoms with Crippen LogP contribution in [-0.2, 0) is 11.2 Å². The molecule has 8 nitrogen and oxygen atoms in total. The zero-order valence-electron chi connectivity index (χ0n) is 19.3. The largest absolute Gasteiger partial charge is 0.497 e. The molecule has 0 saturated heterocycles. The highest BCUT2D eigenvalue weighted by Crippen LogP contribution is 2.37. The van der Waals surface area contributed by atoms with Gasteiger partial charge in [-0.1, -0.05) is 24.3 Å². The highest BCUT2D eigenvalue weighted by molar-refractivity contribution is 5.76. The number of nitrogens with zero attached hydrogens (tertiary/aromatic N) is 4.